The Labute approximate surface area is 169 Å². The van der Waals surface area contributed by atoms with Gasteiger partial charge in [0.05, 0.1) is 5.71 Å². The summed E-state index contributed by atoms with van der Waals surface area (Å²) in [5.74, 6) is 0.465. The van der Waals surface area contributed by atoms with E-state index in [-0.39, 0.29) is 0 Å². The molecule has 0 fully saturated rings. The lowest BCUT2D eigenvalue weighted by Crippen LogP contribution is -2.29. The van der Waals surface area contributed by atoms with Crippen molar-refractivity contribution >= 4 is 22.8 Å². The predicted octanol–water partition coefficient (Wildman–Crippen LogP) is 3.23. The minimum absolute atomic E-state index is 0.352. The number of benzene rings is 1. The molecule has 8 heteroatoms. The highest BCUT2D eigenvalue weighted by Crippen LogP contribution is 2.17. The topological polar surface area (TPSA) is 97.1 Å². The molecule has 0 amide bonds. The van der Waals surface area contributed by atoms with Crippen LogP contribution in [0.25, 0.3) is 11.2 Å². The van der Waals surface area contributed by atoms with E-state index in [1.807, 2.05) is 34.9 Å². The zero-order chi connectivity index (χ0) is 20.8. The van der Waals surface area contributed by atoms with E-state index in [0.717, 1.165) is 43.4 Å². The van der Waals surface area contributed by atoms with Crippen molar-refractivity contribution in [2.75, 3.05) is 5.43 Å². The van der Waals surface area contributed by atoms with Crippen molar-refractivity contribution in [3.05, 3.63) is 56.7 Å². The third-order valence-electron chi connectivity index (χ3n) is 4.88. The molecule has 3 aromatic rings. The Kier molecular flexibility index (Phi) is 6.64. The van der Waals surface area contributed by atoms with Crippen LogP contribution in [0.15, 0.2) is 45.0 Å². The molecule has 0 aliphatic heterocycles. The van der Waals surface area contributed by atoms with Crippen molar-refractivity contribution < 1.29 is 0 Å². The normalized spacial score (nSPS) is 11.9. The Morgan fingerprint density at radius 2 is 1.90 bits per heavy atom. The molecule has 3 rings (SSSR count). The SMILES string of the molecule is CCCCCn1c(NN=C(CCC)c2ccccc2)nc2c1c(=O)[nH]c(=O)n2C. The van der Waals surface area contributed by atoms with Gasteiger partial charge in [-0.2, -0.15) is 10.1 Å². The van der Waals surface area contributed by atoms with E-state index >= 15 is 0 Å². The summed E-state index contributed by atoms with van der Waals surface area (Å²) in [7, 11) is 1.60. The van der Waals surface area contributed by atoms with Gasteiger partial charge in [0.25, 0.3) is 5.56 Å². The Morgan fingerprint density at radius 3 is 2.59 bits per heavy atom. The summed E-state index contributed by atoms with van der Waals surface area (Å²) < 4.78 is 3.17. The number of hydrogen-bond acceptors (Lipinski definition) is 5. The Hall–Kier alpha value is -3.16. The molecule has 2 N–H and O–H groups in total. The second-order valence-electron chi connectivity index (χ2n) is 7.07. The molecule has 2 aromatic heterocycles. The Balaban J connectivity index is 2.06. The summed E-state index contributed by atoms with van der Waals surface area (Å²) >= 11 is 0. The number of aryl methyl sites for hydroxylation is 2. The quantitative estimate of drug-likeness (QED) is 0.330. The second kappa shape index (κ2) is 9.36. The van der Waals surface area contributed by atoms with Crippen LogP contribution in [0.4, 0.5) is 5.95 Å². The molecule has 0 spiro atoms. The molecule has 0 unspecified atom stereocenters. The van der Waals surface area contributed by atoms with Crippen LogP contribution in [0, 0.1) is 0 Å². The lowest BCUT2D eigenvalue weighted by molar-refractivity contribution is 0.615. The van der Waals surface area contributed by atoms with Crippen LogP contribution < -0.4 is 16.7 Å². The van der Waals surface area contributed by atoms with Crippen LogP contribution >= 0.6 is 0 Å². The number of hydrogen-bond donors (Lipinski definition) is 2. The van der Waals surface area contributed by atoms with E-state index in [1.165, 1.54) is 4.57 Å². The largest absolute Gasteiger partial charge is 0.329 e. The number of anilines is 1. The van der Waals surface area contributed by atoms with E-state index < -0.39 is 11.2 Å². The summed E-state index contributed by atoms with van der Waals surface area (Å²) in [5.41, 5.74) is 4.85. The van der Waals surface area contributed by atoms with Crippen molar-refractivity contribution in [3.8, 4) is 0 Å². The number of imidazole rings is 1. The van der Waals surface area contributed by atoms with Crippen LogP contribution in [0.5, 0.6) is 0 Å². The fourth-order valence-corrected chi connectivity index (χ4v) is 3.31. The van der Waals surface area contributed by atoms with Gasteiger partial charge >= 0.3 is 5.69 Å². The number of H-pyrrole nitrogens is 1. The number of hydrazone groups is 1. The standard InChI is InChI=1S/C21H28N6O2/c1-4-6-10-14-27-17-18(26(3)21(29)23-19(17)28)22-20(27)25-24-16(11-5-2)15-12-8-7-9-13-15/h7-9,12-13H,4-6,10-11,14H2,1-3H3,(H,22,25)(H,23,28,29). The summed E-state index contributed by atoms with van der Waals surface area (Å²) in [5, 5.41) is 4.60. The van der Waals surface area contributed by atoms with E-state index in [2.05, 4.69) is 34.3 Å². The van der Waals surface area contributed by atoms with Gasteiger partial charge in [0, 0.05) is 13.6 Å². The van der Waals surface area contributed by atoms with Crippen molar-refractivity contribution in [3.63, 3.8) is 0 Å². The number of nitrogens with one attached hydrogen (secondary N) is 2. The second-order valence-corrected chi connectivity index (χ2v) is 7.07. The lowest BCUT2D eigenvalue weighted by Gasteiger charge is -2.09. The van der Waals surface area contributed by atoms with Crippen molar-refractivity contribution in [1.82, 2.24) is 19.1 Å². The summed E-state index contributed by atoms with van der Waals surface area (Å²) in [6.07, 6.45) is 4.78. The van der Waals surface area contributed by atoms with E-state index in [1.54, 1.807) is 7.05 Å². The predicted molar refractivity (Wildman–Crippen MR) is 117 cm³/mol. The highest BCUT2D eigenvalue weighted by atomic mass is 16.2. The minimum atomic E-state index is -0.480. The fourth-order valence-electron chi connectivity index (χ4n) is 3.31. The molecule has 0 saturated heterocycles. The molecule has 0 aliphatic carbocycles. The average Bonchev–Trinajstić information content (AvgIpc) is 3.09. The molecule has 154 valence electrons. The number of nitrogens with zero attached hydrogens (tertiary/aromatic N) is 4. The average molecular weight is 396 g/mol. The maximum Gasteiger partial charge on any atom is 0.329 e. The van der Waals surface area contributed by atoms with Gasteiger partial charge in [-0.1, -0.05) is 63.4 Å². The first-order valence-corrected chi connectivity index (χ1v) is 10.1. The highest BCUT2D eigenvalue weighted by Gasteiger charge is 2.17. The van der Waals surface area contributed by atoms with Crippen LogP contribution in [-0.4, -0.2) is 24.8 Å². The summed E-state index contributed by atoms with van der Waals surface area (Å²) in [4.78, 5) is 31.4. The van der Waals surface area contributed by atoms with Gasteiger partial charge < -0.3 is 4.57 Å². The molecule has 0 radical (unpaired) electrons. The van der Waals surface area contributed by atoms with Gasteiger partial charge in [0.1, 0.15) is 0 Å². The van der Waals surface area contributed by atoms with Gasteiger partial charge in [-0.3, -0.25) is 14.3 Å². The van der Waals surface area contributed by atoms with Crippen molar-refractivity contribution in [2.45, 2.75) is 52.5 Å². The third kappa shape index (κ3) is 4.47. The van der Waals surface area contributed by atoms with Gasteiger partial charge in [0.15, 0.2) is 11.2 Å². The molecule has 29 heavy (non-hydrogen) atoms. The Bertz CT molecular complexity index is 1110. The van der Waals surface area contributed by atoms with Crippen molar-refractivity contribution in [1.29, 1.82) is 0 Å². The fraction of sp³-hybridized carbons (Fsp3) is 0.429. The number of aromatic nitrogens is 4. The molecule has 0 atom stereocenters. The molecule has 1 aromatic carbocycles. The highest BCUT2D eigenvalue weighted by molar-refractivity contribution is 6.00. The molecule has 0 saturated carbocycles. The molecular weight excluding hydrogens is 368 g/mol. The molecule has 8 nitrogen and oxygen atoms in total. The van der Waals surface area contributed by atoms with Crippen molar-refractivity contribution in [2.24, 2.45) is 12.1 Å². The van der Waals surface area contributed by atoms with E-state index in [4.69, 9.17) is 0 Å². The summed E-state index contributed by atoms with van der Waals surface area (Å²) in [6.45, 7) is 4.86. The monoisotopic (exact) mass is 396 g/mol. The van der Waals surface area contributed by atoms with E-state index in [0.29, 0.717) is 23.7 Å². The Morgan fingerprint density at radius 1 is 1.14 bits per heavy atom. The molecule has 0 aliphatic rings. The zero-order valence-electron chi connectivity index (χ0n) is 17.2. The third-order valence-corrected chi connectivity index (χ3v) is 4.88. The van der Waals surface area contributed by atoms with Gasteiger partial charge in [-0.05, 0) is 18.4 Å². The molecule has 0 bridgehead atoms. The first-order chi connectivity index (χ1) is 14.1. The van der Waals surface area contributed by atoms with Crippen LogP contribution in [-0.2, 0) is 13.6 Å². The minimum Gasteiger partial charge on any atom is -0.303 e. The molecular formula is C21H28N6O2. The van der Waals surface area contributed by atoms with Gasteiger partial charge in [0.2, 0.25) is 5.95 Å². The first-order valence-electron chi connectivity index (χ1n) is 10.1. The summed E-state index contributed by atoms with van der Waals surface area (Å²) in [6, 6.07) is 9.98. The van der Waals surface area contributed by atoms with Crippen LogP contribution in [0.1, 0.15) is 51.5 Å². The maximum absolute atomic E-state index is 12.5. The number of fused-ring (bicyclic) bond motifs is 1. The number of aromatic amines is 1. The van der Waals surface area contributed by atoms with Crippen LogP contribution in [0.2, 0.25) is 0 Å². The van der Waals surface area contributed by atoms with E-state index in [9.17, 15) is 9.59 Å². The van der Waals surface area contributed by atoms with Crippen LogP contribution in [0.3, 0.4) is 0 Å². The first kappa shape index (κ1) is 20.6. The smallest absolute Gasteiger partial charge is 0.303 e. The van der Waals surface area contributed by atoms with Gasteiger partial charge in [-0.25, -0.2) is 10.2 Å². The number of rotatable bonds is 9. The van der Waals surface area contributed by atoms with Gasteiger partial charge in [-0.15, -0.1) is 0 Å². The number of unbranched alkanes of at least 4 members (excludes halogenated alkanes) is 2. The maximum atomic E-state index is 12.5. The molecule has 2 heterocycles. The lowest BCUT2D eigenvalue weighted by atomic mass is 10.1. The zero-order valence-corrected chi connectivity index (χ0v) is 17.2.